The number of benzene rings is 1. The van der Waals surface area contributed by atoms with Crippen molar-refractivity contribution in [2.24, 2.45) is 0 Å². The van der Waals surface area contributed by atoms with Gasteiger partial charge in [-0.15, -0.1) is 0 Å². The average Bonchev–Trinajstić information content (AvgIpc) is 2.85. The first-order valence-electron chi connectivity index (χ1n) is 7.51. The van der Waals surface area contributed by atoms with Crippen molar-refractivity contribution < 1.29 is 19.1 Å². The van der Waals surface area contributed by atoms with Crippen LogP contribution in [-0.4, -0.2) is 59.7 Å². The Morgan fingerprint density at radius 3 is 2.64 bits per heavy atom. The second kappa shape index (κ2) is 7.78. The van der Waals surface area contributed by atoms with Crippen molar-refractivity contribution in [2.75, 3.05) is 32.8 Å². The van der Waals surface area contributed by atoms with Gasteiger partial charge in [0.05, 0.1) is 18.1 Å². The van der Waals surface area contributed by atoms with Crippen LogP contribution in [0, 0.1) is 0 Å². The Morgan fingerprint density at radius 2 is 1.96 bits per heavy atom. The highest BCUT2D eigenvalue weighted by Gasteiger charge is 2.37. The van der Waals surface area contributed by atoms with Gasteiger partial charge in [0.15, 0.2) is 0 Å². The van der Waals surface area contributed by atoms with Gasteiger partial charge >= 0.3 is 0 Å². The molecule has 0 bridgehead atoms. The molecule has 2 saturated heterocycles. The van der Waals surface area contributed by atoms with E-state index in [1.165, 1.54) is 6.08 Å². The first kappa shape index (κ1) is 18.3. The largest absolute Gasteiger partial charge is 0.378 e. The Bertz CT molecular complexity index is 763. The maximum Gasteiger partial charge on any atom is 0.294 e. The van der Waals surface area contributed by atoms with Gasteiger partial charge in [-0.1, -0.05) is 29.3 Å². The highest BCUT2D eigenvalue weighted by Crippen LogP contribution is 2.34. The van der Waals surface area contributed by atoms with Crippen LogP contribution in [0.5, 0.6) is 0 Å². The molecular weight excluding hydrogens is 387 g/mol. The van der Waals surface area contributed by atoms with Gasteiger partial charge in [-0.2, -0.15) is 0 Å². The lowest BCUT2D eigenvalue weighted by Gasteiger charge is -2.28. The number of hydrogen-bond acceptors (Lipinski definition) is 5. The number of nitrogens with zero attached hydrogens (tertiary/aromatic N) is 2. The van der Waals surface area contributed by atoms with E-state index in [4.69, 9.17) is 27.9 Å². The zero-order valence-electron chi connectivity index (χ0n) is 13.0. The summed E-state index contributed by atoms with van der Waals surface area (Å²) in [6.07, 6.45) is 1.53. The Kier molecular flexibility index (Phi) is 5.68. The van der Waals surface area contributed by atoms with E-state index >= 15 is 0 Å². The van der Waals surface area contributed by atoms with E-state index in [1.807, 2.05) is 0 Å². The summed E-state index contributed by atoms with van der Waals surface area (Å²) in [5, 5.41) is 0.387. The molecule has 2 heterocycles. The predicted octanol–water partition coefficient (Wildman–Crippen LogP) is 2.89. The van der Waals surface area contributed by atoms with Gasteiger partial charge in [0.1, 0.15) is 6.54 Å². The van der Waals surface area contributed by atoms with Crippen LogP contribution in [-0.2, 0) is 14.3 Å². The molecular formula is C16H14Cl2N2O4S. The van der Waals surface area contributed by atoms with Crippen molar-refractivity contribution in [1.82, 2.24) is 9.80 Å². The molecule has 132 valence electrons. The molecule has 2 fully saturated rings. The van der Waals surface area contributed by atoms with Crippen LogP contribution in [0.1, 0.15) is 5.56 Å². The Morgan fingerprint density at radius 1 is 1.24 bits per heavy atom. The topological polar surface area (TPSA) is 66.9 Å². The first-order chi connectivity index (χ1) is 12.0. The number of imide groups is 1. The lowest BCUT2D eigenvalue weighted by molar-refractivity contribution is -0.139. The number of rotatable bonds is 3. The van der Waals surface area contributed by atoms with Gasteiger partial charge in [-0.3, -0.25) is 19.3 Å². The van der Waals surface area contributed by atoms with Gasteiger partial charge in [-0.05, 0) is 35.5 Å². The molecule has 3 rings (SSSR count). The van der Waals surface area contributed by atoms with Crippen LogP contribution in [0.3, 0.4) is 0 Å². The lowest BCUT2D eigenvalue weighted by Crippen LogP contribution is -2.46. The number of hydrogen-bond donors (Lipinski definition) is 0. The number of morpholine rings is 1. The van der Waals surface area contributed by atoms with Crippen LogP contribution < -0.4 is 0 Å². The molecule has 3 amide bonds. The molecule has 2 aliphatic rings. The predicted molar refractivity (Wildman–Crippen MR) is 96.5 cm³/mol. The number of thioether (sulfide) groups is 1. The van der Waals surface area contributed by atoms with Crippen molar-refractivity contribution >= 4 is 58.1 Å². The summed E-state index contributed by atoms with van der Waals surface area (Å²) in [7, 11) is 0. The zero-order chi connectivity index (χ0) is 18.0. The minimum atomic E-state index is -0.498. The fourth-order valence-corrected chi connectivity index (χ4v) is 3.74. The number of halogens is 2. The minimum absolute atomic E-state index is 0.226. The SMILES string of the molecule is O=C(CN1C(=O)S/C(=C\c2ccc(Cl)cc2Cl)C1=O)N1CCOCC1. The molecule has 0 aromatic heterocycles. The zero-order valence-corrected chi connectivity index (χ0v) is 15.4. The summed E-state index contributed by atoms with van der Waals surface area (Å²) in [5.74, 6) is -0.765. The second-order valence-electron chi connectivity index (χ2n) is 5.43. The molecule has 2 aliphatic heterocycles. The number of carbonyl (C=O) groups excluding carboxylic acids is 3. The molecule has 0 N–H and O–H groups in total. The fraction of sp³-hybridized carbons (Fsp3) is 0.312. The molecule has 9 heteroatoms. The Balaban J connectivity index is 1.73. The molecule has 0 radical (unpaired) electrons. The second-order valence-corrected chi connectivity index (χ2v) is 7.26. The average molecular weight is 401 g/mol. The van der Waals surface area contributed by atoms with E-state index in [1.54, 1.807) is 23.1 Å². The monoisotopic (exact) mass is 400 g/mol. The molecule has 6 nitrogen and oxygen atoms in total. The van der Waals surface area contributed by atoms with Gasteiger partial charge in [0, 0.05) is 23.1 Å². The third kappa shape index (κ3) is 4.17. The fourth-order valence-electron chi connectivity index (χ4n) is 2.44. The van der Waals surface area contributed by atoms with E-state index in [-0.39, 0.29) is 17.4 Å². The first-order valence-corrected chi connectivity index (χ1v) is 9.09. The smallest absolute Gasteiger partial charge is 0.294 e. The Hall–Kier alpha value is -1.54. The third-order valence-electron chi connectivity index (χ3n) is 3.78. The van der Waals surface area contributed by atoms with Gasteiger partial charge in [-0.25, -0.2) is 0 Å². The van der Waals surface area contributed by atoms with Crippen molar-refractivity contribution in [3.05, 3.63) is 38.7 Å². The maximum absolute atomic E-state index is 12.5. The molecule has 0 aliphatic carbocycles. The van der Waals surface area contributed by atoms with Crippen LogP contribution in [0.2, 0.25) is 10.0 Å². The van der Waals surface area contributed by atoms with Crippen LogP contribution in [0.15, 0.2) is 23.1 Å². The van der Waals surface area contributed by atoms with Crippen LogP contribution >= 0.6 is 35.0 Å². The van der Waals surface area contributed by atoms with Gasteiger partial charge in [0.25, 0.3) is 11.1 Å². The van der Waals surface area contributed by atoms with Crippen LogP contribution in [0.25, 0.3) is 6.08 Å². The normalized spacial score (nSPS) is 19.8. The highest BCUT2D eigenvalue weighted by atomic mass is 35.5. The van der Waals surface area contributed by atoms with E-state index in [0.29, 0.717) is 41.9 Å². The van der Waals surface area contributed by atoms with Crippen molar-refractivity contribution in [3.63, 3.8) is 0 Å². The van der Waals surface area contributed by atoms with Crippen molar-refractivity contribution in [3.8, 4) is 0 Å². The molecule has 0 spiro atoms. The molecule has 0 atom stereocenters. The summed E-state index contributed by atoms with van der Waals surface area (Å²) in [6, 6.07) is 4.87. The van der Waals surface area contributed by atoms with Crippen molar-refractivity contribution in [2.45, 2.75) is 0 Å². The summed E-state index contributed by atoms with van der Waals surface area (Å²) in [5.41, 5.74) is 0.580. The molecule has 1 aromatic carbocycles. The van der Waals surface area contributed by atoms with E-state index < -0.39 is 11.1 Å². The number of amides is 3. The molecule has 25 heavy (non-hydrogen) atoms. The summed E-state index contributed by atoms with van der Waals surface area (Å²) in [6.45, 7) is 1.58. The molecule has 1 aromatic rings. The Labute approximate surface area is 158 Å². The summed E-state index contributed by atoms with van der Waals surface area (Å²) < 4.78 is 5.19. The van der Waals surface area contributed by atoms with Crippen LogP contribution in [0.4, 0.5) is 4.79 Å². The maximum atomic E-state index is 12.5. The molecule has 0 unspecified atom stereocenters. The van der Waals surface area contributed by atoms with Gasteiger partial charge in [0.2, 0.25) is 5.91 Å². The summed E-state index contributed by atoms with van der Waals surface area (Å²) >= 11 is 12.7. The highest BCUT2D eigenvalue weighted by molar-refractivity contribution is 8.18. The number of ether oxygens (including phenoxy) is 1. The number of carbonyl (C=O) groups is 3. The van der Waals surface area contributed by atoms with E-state index in [2.05, 4.69) is 0 Å². The van der Waals surface area contributed by atoms with Crippen molar-refractivity contribution in [1.29, 1.82) is 0 Å². The van der Waals surface area contributed by atoms with Gasteiger partial charge < -0.3 is 9.64 Å². The quantitative estimate of drug-likeness (QED) is 0.729. The standard InChI is InChI=1S/C16H14Cl2N2O4S/c17-11-2-1-10(12(18)8-11)7-13-15(22)20(16(23)25-13)9-14(21)19-3-5-24-6-4-19/h1-2,7-8H,3-6,9H2/b13-7-. The molecule has 0 saturated carbocycles. The lowest BCUT2D eigenvalue weighted by atomic mass is 10.2. The summed E-state index contributed by atoms with van der Waals surface area (Å²) in [4.78, 5) is 39.6. The minimum Gasteiger partial charge on any atom is -0.378 e. The third-order valence-corrected chi connectivity index (χ3v) is 5.25. The van der Waals surface area contributed by atoms with E-state index in [0.717, 1.165) is 16.7 Å². The van der Waals surface area contributed by atoms with E-state index in [9.17, 15) is 14.4 Å².